The Hall–Kier alpha value is -0.940. The molecular weight excluding hydrogens is 282 g/mol. The number of aromatic nitrogens is 1. The molecule has 0 bridgehead atoms. The second-order valence-corrected chi connectivity index (χ2v) is 7.07. The molecule has 1 rings (SSSR count). The van der Waals surface area contributed by atoms with Gasteiger partial charge in [0.1, 0.15) is 5.01 Å². The summed E-state index contributed by atoms with van der Waals surface area (Å²) in [5, 5.41) is 4.04. The standard InChI is InChI=1S/C16H29N3OS/c1-5-14-10-18-16(21-14)12(4)19-15(20)7-6-13(8-9-17)11(2)3/h10-13H,5-9,17H2,1-4H3,(H,19,20). The number of carbonyl (C=O) groups is 1. The van der Waals surface area contributed by atoms with Gasteiger partial charge in [-0.2, -0.15) is 0 Å². The third-order valence-electron chi connectivity index (χ3n) is 3.89. The van der Waals surface area contributed by atoms with Gasteiger partial charge in [0.05, 0.1) is 6.04 Å². The van der Waals surface area contributed by atoms with Gasteiger partial charge in [-0.15, -0.1) is 11.3 Å². The van der Waals surface area contributed by atoms with Crippen LogP contribution in [-0.2, 0) is 11.2 Å². The molecule has 0 fully saturated rings. The van der Waals surface area contributed by atoms with Crippen molar-refractivity contribution in [1.82, 2.24) is 10.3 Å². The minimum atomic E-state index is -0.00481. The van der Waals surface area contributed by atoms with Crippen LogP contribution >= 0.6 is 11.3 Å². The molecule has 2 atom stereocenters. The summed E-state index contributed by atoms with van der Waals surface area (Å²) in [4.78, 5) is 17.7. The Bertz CT molecular complexity index is 431. The average molecular weight is 311 g/mol. The Morgan fingerprint density at radius 3 is 2.62 bits per heavy atom. The van der Waals surface area contributed by atoms with Crippen molar-refractivity contribution < 1.29 is 4.79 Å². The van der Waals surface area contributed by atoms with Crippen molar-refractivity contribution >= 4 is 17.2 Å². The number of aryl methyl sites for hydroxylation is 1. The fourth-order valence-corrected chi connectivity index (χ4v) is 3.26. The second kappa shape index (κ2) is 9.15. The van der Waals surface area contributed by atoms with E-state index in [0.29, 0.717) is 24.8 Å². The summed E-state index contributed by atoms with van der Waals surface area (Å²) in [6, 6.07) is -0.00481. The third-order valence-corrected chi connectivity index (χ3v) is 5.21. The maximum absolute atomic E-state index is 12.1. The normalized spacial score (nSPS) is 14.2. The Morgan fingerprint density at radius 1 is 1.38 bits per heavy atom. The second-order valence-electron chi connectivity index (χ2n) is 5.93. The Labute approximate surface area is 132 Å². The van der Waals surface area contributed by atoms with Crippen LogP contribution in [-0.4, -0.2) is 17.4 Å². The van der Waals surface area contributed by atoms with Crippen LogP contribution in [0.3, 0.4) is 0 Å². The van der Waals surface area contributed by atoms with E-state index in [2.05, 4.69) is 31.1 Å². The highest BCUT2D eigenvalue weighted by molar-refractivity contribution is 7.11. The van der Waals surface area contributed by atoms with Crippen molar-refractivity contribution in [3.05, 3.63) is 16.1 Å². The number of hydrogen-bond acceptors (Lipinski definition) is 4. The highest BCUT2D eigenvalue weighted by Crippen LogP contribution is 2.22. The predicted octanol–water partition coefficient (Wildman–Crippen LogP) is 3.28. The minimum Gasteiger partial charge on any atom is -0.347 e. The zero-order valence-corrected chi connectivity index (χ0v) is 14.5. The molecule has 5 heteroatoms. The van der Waals surface area contributed by atoms with Crippen molar-refractivity contribution in [2.75, 3.05) is 6.54 Å². The molecule has 21 heavy (non-hydrogen) atoms. The molecular formula is C16H29N3OS. The molecule has 0 spiro atoms. The van der Waals surface area contributed by atoms with Crippen LogP contribution < -0.4 is 11.1 Å². The highest BCUT2D eigenvalue weighted by atomic mass is 32.1. The quantitative estimate of drug-likeness (QED) is 0.735. The summed E-state index contributed by atoms with van der Waals surface area (Å²) in [5.41, 5.74) is 5.64. The predicted molar refractivity (Wildman–Crippen MR) is 89.3 cm³/mol. The number of thiazole rings is 1. The van der Waals surface area contributed by atoms with Crippen LogP contribution in [0.25, 0.3) is 0 Å². The Balaban J connectivity index is 2.42. The fraction of sp³-hybridized carbons (Fsp3) is 0.750. The maximum atomic E-state index is 12.1. The van der Waals surface area contributed by atoms with Gasteiger partial charge in [-0.3, -0.25) is 4.79 Å². The molecule has 0 aromatic carbocycles. The van der Waals surface area contributed by atoms with Crippen molar-refractivity contribution in [3.63, 3.8) is 0 Å². The summed E-state index contributed by atoms with van der Waals surface area (Å²) >= 11 is 1.68. The molecule has 0 saturated carbocycles. The van der Waals surface area contributed by atoms with Crippen molar-refractivity contribution in [1.29, 1.82) is 0 Å². The topological polar surface area (TPSA) is 68.0 Å². The Morgan fingerprint density at radius 2 is 2.10 bits per heavy atom. The van der Waals surface area contributed by atoms with E-state index in [1.54, 1.807) is 11.3 Å². The van der Waals surface area contributed by atoms with Crippen LogP contribution in [0.4, 0.5) is 0 Å². The zero-order chi connectivity index (χ0) is 15.8. The summed E-state index contributed by atoms with van der Waals surface area (Å²) in [6.45, 7) is 9.20. The first-order valence-electron chi connectivity index (χ1n) is 7.91. The summed E-state index contributed by atoms with van der Waals surface area (Å²) in [5.74, 6) is 1.21. The van der Waals surface area contributed by atoms with E-state index >= 15 is 0 Å². The number of rotatable bonds is 9. The molecule has 0 aliphatic rings. The van der Waals surface area contributed by atoms with Crippen molar-refractivity contribution in [3.8, 4) is 0 Å². The van der Waals surface area contributed by atoms with E-state index < -0.39 is 0 Å². The lowest BCUT2D eigenvalue weighted by molar-refractivity contribution is -0.122. The highest BCUT2D eigenvalue weighted by Gasteiger charge is 2.17. The first-order valence-corrected chi connectivity index (χ1v) is 8.73. The maximum Gasteiger partial charge on any atom is 0.220 e. The monoisotopic (exact) mass is 311 g/mol. The molecule has 2 unspecified atom stereocenters. The van der Waals surface area contributed by atoms with E-state index in [-0.39, 0.29) is 11.9 Å². The number of hydrogen-bond donors (Lipinski definition) is 2. The van der Waals surface area contributed by atoms with E-state index in [1.807, 2.05) is 13.1 Å². The van der Waals surface area contributed by atoms with Gasteiger partial charge in [-0.25, -0.2) is 4.98 Å². The lowest BCUT2D eigenvalue weighted by Crippen LogP contribution is -2.27. The van der Waals surface area contributed by atoms with Crippen molar-refractivity contribution in [2.24, 2.45) is 17.6 Å². The molecule has 120 valence electrons. The van der Waals surface area contributed by atoms with Gasteiger partial charge < -0.3 is 11.1 Å². The number of nitrogens with one attached hydrogen (secondary N) is 1. The number of nitrogens with zero attached hydrogens (tertiary/aromatic N) is 1. The molecule has 0 radical (unpaired) electrons. The molecule has 0 saturated heterocycles. The van der Waals surface area contributed by atoms with E-state index in [0.717, 1.165) is 24.3 Å². The fourth-order valence-electron chi connectivity index (χ4n) is 2.40. The first kappa shape index (κ1) is 18.1. The van der Waals surface area contributed by atoms with Gasteiger partial charge in [-0.1, -0.05) is 20.8 Å². The summed E-state index contributed by atoms with van der Waals surface area (Å²) < 4.78 is 0. The van der Waals surface area contributed by atoms with Gasteiger partial charge in [0, 0.05) is 17.5 Å². The Kier molecular flexibility index (Phi) is 7.89. The molecule has 3 N–H and O–H groups in total. The third kappa shape index (κ3) is 6.14. The summed E-state index contributed by atoms with van der Waals surface area (Å²) in [7, 11) is 0. The lowest BCUT2D eigenvalue weighted by atomic mass is 9.88. The molecule has 1 heterocycles. The largest absolute Gasteiger partial charge is 0.347 e. The smallest absolute Gasteiger partial charge is 0.220 e. The molecule has 0 aliphatic heterocycles. The van der Waals surface area contributed by atoms with Crippen LogP contribution in [0, 0.1) is 11.8 Å². The molecule has 1 aromatic rings. The van der Waals surface area contributed by atoms with Crippen LogP contribution in [0.1, 0.15) is 62.9 Å². The van der Waals surface area contributed by atoms with Gasteiger partial charge in [0.25, 0.3) is 0 Å². The van der Waals surface area contributed by atoms with Crippen LogP contribution in [0.5, 0.6) is 0 Å². The first-order chi connectivity index (χ1) is 9.97. The lowest BCUT2D eigenvalue weighted by Gasteiger charge is -2.20. The molecule has 1 aromatic heterocycles. The number of carbonyl (C=O) groups excluding carboxylic acids is 1. The number of nitrogens with two attached hydrogens (primary N) is 1. The molecule has 0 aliphatic carbocycles. The van der Waals surface area contributed by atoms with Gasteiger partial charge >= 0.3 is 0 Å². The van der Waals surface area contributed by atoms with E-state index in [4.69, 9.17) is 5.73 Å². The molecule has 4 nitrogen and oxygen atoms in total. The minimum absolute atomic E-state index is 0.00481. The van der Waals surface area contributed by atoms with Gasteiger partial charge in [-0.05, 0) is 44.6 Å². The van der Waals surface area contributed by atoms with Gasteiger partial charge in [0.2, 0.25) is 5.91 Å². The van der Waals surface area contributed by atoms with E-state index in [9.17, 15) is 4.79 Å². The van der Waals surface area contributed by atoms with Gasteiger partial charge in [0.15, 0.2) is 0 Å². The van der Waals surface area contributed by atoms with Crippen LogP contribution in [0.15, 0.2) is 6.20 Å². The zero-order valence-electron chi connectivity index (χ0n) is 13.7. The molecule has 1 amide bonds. The van der Waals surface area contributed by atoms with Crippen LogP contribution in [0.2, 0.25) is 0 Å². The van der Waals surface area contributed by atoms with Crippen molar-refractivity contribution in [2.45, 2.75) is 59.4 Å². The van der Waals surface area contributed by atoms with E-state index in [1.165, 1.54) is 4.88 Å². The average Bonchev–Trinajstić information content (AvgIpc) is 2.92. The number of amides is 1. The SMILES string of the molecule is CCc1cnc(C(C)NC(=O)CCC(CCN)C(C)C)s1. The summed E-state index contributed by atoms with van der Waals surface area (Å²) in [6.07, 6.45) is 5.36.